The van der Waals surface area contributed by atoms with Gasteiger partial charge in [0.05, 0.1) is 6.61 Å². The summed E-state index contributed by atoms with van der Waals surface area (Å²) in [5.74, 6) is -0.749. The van der Waals surface area contributed by atoms with Crippen molar-refractivity contribution in [3.05, 3.63) is 29.8 Å². The summed E-state index contributed by atoms with van der Waals surface area (Å²) in [4.78, 5) is 23.1. The zero-order valence-corrected chi connectivity index (χ0v) is 12.1. The van der Waals surface area contributed by atoms with Gasteiger partial charge in [0.15, 0.2) is 6.10 Å². The van der Waals surface area contributed by atoms with Gasteiger partial charge in [-0.3, -0.25) is 4.79 Å². The van der Waals surface area contributed by atoms with Crippen molar-refractivity contribution in [1.29, 1.82) is 0 Å². The maximum atomic E-state index is 11.7. The Kier molecular flexibility index (Phi) is 6.73. The standard InChI is InChI=1S/C15H21NO4/c1-4-8-19-15(18)12(3)20-10-14(17)16-13-7-5-6-11(2)9-13/h5-7,9,12H,4,8,10H2,1-3H3,(H,16,17). The van der Waals surface area contributed by atoms with Crippen molar-refractivity contribution in [2.45, 2.75) is 33.3 Å². The number of esters is 1. The van der Waals surface area contributed by atoms with Crippen LogP contribution in [0.2, 0.25) is 0 Å². The van der Waals surface area contributed by atoms with Crippen molar-refractivity contribution >= 4 is 17.6 Å². The minimum Gasteiger partial charge on any atom is -0.464 e. The Balaban J connectivity index is 2.34. The molecule has 1 unspecified atom stereocenters. The Morgan fingerprint density at radius 2 is 2.10 bits per heavy atom. The summed E-state index contributed by atoms with van der Waals surface area (Å²) in [7, 11) is 0. The van der Waals surface area contributed by atoms with Gasteiger partial charge < -0.3 is 14.8 Å². The van der Waals surface area contributed by atoms with E-state index in [-0.39, 0.29) is 12.5 Å². The van der Waals surface area contributed by atoms with Crippen molar-refractivity contribution in [3.63, 3.8) is 0 Å². The van der Waals surface area contributed by atoms with E-state index < -0.39 is 12.1 Å². The van der Waals surface area contributed by atoms with Crippen LogP contribution in [0.1, 0.15) is 25.8 Å². The first-order valence-corrected chi connectivity index (χ1v) is 6.67. The molecule has 0 aliphatic carbocycles. The smallest absolute Gasteiger partial charge is 0.334 e. The minimum absolute atomic E-state index is 0.184. The molecule has 1 rings (SSSR count). The number of nitrogens with one attached hydrogen (secondary N) is 1. The van der Waals surface area contributed by atoms with Gasteiger partial charge in [-0.2, -0.15) is 0 Å². The lowest BCUT2D eigenvalue weighted by atomic mass is 10.2. The highest BCUT2D eigenvalue weighted by Crippen LogP contribution is 2.09. The summed E-state index contributed by atoms with van der Waals surface area (Å²) in [5, 5.41) is 2.70. The maximum absolute atomic E-state index is 11.7. The third kappa shape index (κ3) is 5.84. The van der Waals surface area contributed by atoms with Crippen LogP contribution >= 0.6 is 0 Å². The fraction of sp³-hybridized carbons (Fsp3) is 0.467. The molecule has 110 valence electrons. The molecule has 0 aliphatic rings. The highest BCUT2D eigenvalue weighted by molar-refractivity contribution is 5.92. The van der Waals surface area contributed by atoms with Gasteiger partial charge >= 0.3 is 5.97 Å². The molecule has 0 fully saturated rings. The number of ether oxygens (including phenoxy) is 2. The summed E-state index contributed by atoms with van der Waals surface area (Å²) in [6, 6.07) is 7.45. The summed E-state index contributed by atoms with van der Waals surface area (Å²) >= 11 is 0. The molecule has 1 amide bonds. The number of carbonyl (C=O) groups excluding carboxylic acids is 2. The Bertz CT molecular complexity index is 459. The van der Waals surface area contributed by atoms with Gasteiger partial charge in [0, 0.05) is 5.69 Å². The van der Waals surface area contributed by atoms with E-state index in [1.165, 1.54) is 0 Å². The molecule has 0 aromatic heterocycles. The number of rotatable bonds is 7. The molecule has 0 heterocycles. The lowest BCUT2D eigenvalue weighted by Gasteiger charge is -2.12. The van der Waals surface area contributed by atoms with Gasteiger partial charge in [-0.05, 0) is 38.0 Å². The normalized spacial score (nSPS) is 11.8. The fourth-order valence-corrected chi connectivity index (χ4v) is 1.51. The van der Waals surface area contributed by atoms with Crippen LogP contribution in [0.5, 0.6) is 0 Å². The van der Waals surface area contributed by atoms with Crippen LogP contribution in [0.4, 0.5) is 5.69 Å². The largest absolute Gasteiger partial charge is 0.464 e. The minimum atomic E-state index is -0.746. The van der Waals surface area contributed by atoms with E-state index in [0.29, 0.717) is 12.3 Å². The number of benzene rings is 1. The zero-order chi connectivity index (χ0) is 15.0. The van der Waals surface area contributed by atoms with Crippen LogP contribution in [-0.4, -0.2) is 31.2 Å². The molecule has 5 heteroatoms. The SMILES string of the molecule is CCCOC(=O)C(C)OCC(=O)Nc1cccc(C)c1. The third-order valence-electron chi connectivity index (χ3n) is 2.55. The zero-order valence-electron chi connectivity index (χ0n) is 12.1. The Morgan fingerprint density at radius 1 is 1.35 bits per heavy atom. The molecule has 5 nitrogen and oxygen atoms in total. The first-order chi connectivity index (χ1) is 9.52. The van der Waals surface area contributed by atoms with Crippen molar-refractivity contribution in [3.8, 4) is 0 Å². The first kappa shape index (κ1) is 16.2. The molecule has 0 spiro atoms. The topological polar surface area (TPSA) is 64.6 Å². The van der Waals surface area contributed by atoms with E-state index >= 15 is 0 Å². The highest BCUT2D eigenvalue weighted by Gasteiger charge is 2.16. The molecule has 0 saturated carbocycles. The predicted octanol–water partition coefficient (Wildman–Crippen LogP) is 2.29. The van der Waals surface area contributed by atoms with Gasteiger partial charge in [0.2, 0.25) is 5.91 Å². The third-order valence-corrected chi connectivity index (χ3v) is 2.55. The van der Waals surface area contributed by atoms with E-state index in [9.17, 15) is 9.59 Å². The molecule has 0 bridgehead atoms. The molecule has 0 aliphatic heterocycles. The highest BCUT2D eigenvalue weighted by atomic mass is 16.6. The number of carbonyl (C=O) groups is 2. The van der Waals surface area contributed by atoms with Crippen molar-refractivity contribution < 1.29 is 19.1 Å². The number of hydrogen-bond donors (Lipinski definition) is 1. The molecule has 0 radical (unpaired) electrons. The number of amides is 1. The van der Waals surface area contributed by atoms with Gasteiger partial charge in [0.1, 0.15) is 6.61 Å². The molecule has 1 aromatic carbocycles. The summed E-state index contributed by atoms with van der Waals surface area (Å²) < 4.78 is 10.1. The molecule has 1 atom stereocenters. The average Bonchev–Trinajstić information content (AvgIpc) is 2.42. The second-order valence-electron chi connectivity index (χ2n) is 4.54. The molecular formula is C15H21NO4. The van der Waals surface area contributed by atoms with E-state index in [0.717, 1.165) is 12.0 Å². The van der Waals surface area contributed by atoms with Gasteiger partial charge in [-0.15, -0.1) is 0 Å². The van der Waals surface area contributed by atoms with Crippen LogP contribution < -0.4 is 5.32 Å². The Hall–Kier alpha value is -1.88. The van der Waals surface area contributed by atoms with E-state index in [2.05, 4.69) is 5.32 Å². The first-order valence-electron chi connectivity index (χ1n) is 6.67. The summed E-state index contributed by atoms with van der Waals surface area (Å²) in [6.45, 7) is 5.60. The van der Waals surface area contributed by atoms with Crippen LogP contribution in [0.25, 0.3) is 0 Å². The van der Waals surface area contributed by atoms with Crippen LogP contribution in [0.15, 0.2) is 24.3 Å². The molecular weight excluding hydrogens is 258 g/mol. The Morgan fingerprint density at radius 3 is 2.75 bits per heavy atom. The molecule has 1 N–H and O–H groups in total. The fourth-order valence-electron chi connectivity index (χ4n) is 1.51. The Labute approximate surface area is 119 Å². The summed E-state index contributed by atoms with van der Waals surface area (Å²) in [6.07, 6.45) is 0.0107. The lowest BCUT2D eigenvalue weighted by Crippen LogP contribution is -2.28. The van der Waals surface area contributed by atoms with Crippen molar-refractivity contribution in [2.75, 3.05) is 18.5 Å². The number of anilines is 1. The molecule has 20 heavy (non-hydrogen) atoms. The van der Waals surface area contributed by atoms with E-state index in [1.54, 1.807) is 13.0 Å². The second-order valence-corrected chi connectivity index (χ2v) is 4.54. The van der Waals surface area contributed by atoms with Crippen LogP contribution in [-0.2, 0) is 19.1 Å². The van der Waals surface area contributed by atoms with Crippen molar-refractivity contribution in [2.24, 2.45) is 0 Å². The summed E-state index contributed by atoms with van der Waals surface area (Å²) in [5.41, 5.74) is 1.76. The predicted molar refractivity (Wildman–Crippen MR) is 76.5 cm³/mol. The lowest BCUT2D eigenvalue weighted by molar-refractivity contribution is -0.156. The number of hydrogen-bond acceptors (Lipinski definition) is 4. The van der Waals surface area contributed by atoms with Gasteiger partial charge in [-0.25, -0.2) is 4.79 Å². The molecule has 1 aromatic rings. The molecule has 0 saturated heterocycles. The quantitative estimate of drug-likeness (QED) is 0.778. The van der Waals surface area contributed by atoms with Gasteiger partial charge in [0.25, 0.3) is 0 Å². The van der Waals surface area contributed by atoms with Crippen LogP contribution in [0, 0.1) is 6.92 Å². The maximum Gasteiger partial charge on any atom is 0.334 e. The number of aryl methyl sites for hydroxylation is 1. The average molecular weight is 279 g/mol. The van der Waals surface area contributed by atoms with Gasteiger partial charge in [-0.1, -0.05) is 19.1 Å². The van der Waals surface area contributed by atoms with Crippen LogP contribution in [0.3, 0.4) is 0 Å². The second kappa shape index (κ2) is 8.32. The monoisotopic (exact) mass is 279 g/mol. The van der Waals surface area contributed by atoms with E-state index in [1.807, 2.05) is 32.0 Å². The van der Waals surface area contributed by atoms with Crippen molar-refractivity contribution in [1.82, 2.24) is 0 Å². The van der Waals surface area contributed by atoms with E-state index in [4.69, 9.17) is 9.47 Å².